The number of carbonyl (C=O) groups is 2. The van der Waals surface area contributed by atoms with Crippen LogP contribution in [0.1, 0.15) is 181 Å². The Balaban J connectivity index is 4.35. The summed E-state index contributed by atoms with van der Waals surface area (Å²) in [6, 6.07) is 0. The summed E-state index contributed by atoms with van der Waals surface area (Å²) in [6.07, 6.45) is 88.2. The molecule has 0 aromatic heterocycles. The van der Waals surface area contributed by atoms with E-state index >= 15 is 0 Å². The van der Waals surface area contributed by atoms with E-state index in [4.69, 9.17) is 18.5 Å². The van der Waals surface area contributed by atoms with Crippen LogP contribution < -0.4 is 0 Å². The number of phosphoric ester groups is 1. The van der Waals surface area contributed by atoms with Crippen molar-refractivity contribution in [2.24, 2.45) is 0 Å². The number of unbranched alkanes of at least 4 members (excludes halogenated alkanes) is 7. The van der Waals surface area contributed by atoms with Crippen LogP contribution in [0, 0.1) is 0 Å². The summed E-state index contributed by atoms with van der Waals surface area (Å²) in [5.74, 6) is -0.903. The molecule has 0 fully saturated rings. The molecule has 0 aliphatic heterocycles. The third-order valence-corrected chi connectivity index (χ3v) is 12.4. The lowest BCUT2D eigenvalue weighted by Gasteiger charge is -2.24. The number of ether oxygens (including phenoxy) is 2. The quantitative estimate of drug-likeness (QED) is 0.0211. The zero-order valence-corrected chi connectivity index (χ0v) is 50.2. The van der Waals surface area contributed by atoms with Gasteiger partial charge in [-0.25, -0.2) is 4.57 Å². The predicted molar refractivity (Wildman–Crippen MR) is 334 cm³/mol. The first-order chi connectivity index (χ1) is 38.0. The highest BCUT2D eigenvalue weighted by molar-refractivity contribution is 7.47. The van der Waals surface area contributed by atoms with Crippen molar-refractivity contribution in [3.05, 3.63) is 182 Å². The lowest BCUT2D eigenvalue weighted by molar-refractivity contribution is -0.870. The number of hydrogen-bond acceptors (Lipinski definition) is 7. The highest BCUT2D eigenvalue weighted by atomic mass is 31.2. The molecule has 0 aromatic rings. The molecule has 2 atom stereocenters. The van der Waals surface area contributed by atoms with Crippen molar-refractivity contribution in [3.63, 3.8) is 0 Å². The van der Waals surface area contributed by atoms with Crippen LogP contribution in [0.2, 0.25) is 0 Å². The summed E-state index contributed by atoms with van der Waals surface area (Å²) in [5.41, 5.74) is 0. The number of rotatable bonds is 51. The molecule has 0 heterocycles. The molecule has 0 aliphatic carbocycles. The Kier molecular flexibility index (Phi) is 53.3. The van der Waals surface area contributed by atoms with E-state index in [9.17, 15) is 19.0 Å². The van der Waals surface area contributed by atoms with Gasteiger partial charge in [0.05, 0.1) is 27.7 Å². The maximum Gasteiger partial charge on any atom is 0.472 e. The normalized spacial score (nSPS) is 14.6. The van der Waals surface area contributed by atoms with Crippen LogP contribution in [0.3, 0.4) is 0 Å². The second-order valence-electron chi connectivity index (χ2n) is 19.9. The van der Waals surface area contributed by atoms with Crippen molar-refractivity contribution in [3.8, 4) is 0 Å². The molecule has 2 unspecified atom stereocenters. The Hall–Kier alpha value is -4.89. The van der Waals surface area contributed by atoms with Crippen LogP contribution in [0.15, 0.2) is 182 Å². The minimum absolute atomic E-state index is 0.00763. The van der Waals surface area contributed by atoms with Crippen LogP contribution in [0.5, 0.6) is 0 Å². The molecule has 0 saturated heterocycles. The summed E-state index contributed by atoms with van der Waals surface area (Å²) in [5, 5.41) is 0. The molecule has 10 heteroatoms. The topological polar surface area (TPSA) is 108 Å². The van der Waals surface area contributed by atoms with E-state index < -0.39 is 32.5 Å². The summed E-state index contributed by atoms with van der Waals surface area (Å²) in [6.45, 7) is 4.08. The second-order valence-corrected chi connectivity index (χ2v) is 21.4. The van der Waals surface area contributed by atoms with E-state index in [1.165, 1.54) is 0 Å². The Labute approximate surface area is 476 Å². The van der Waals surface area contributed by atoms with Crippen LogP contribution in [0.4, 0.5) is 0 Å². The smallest absolute Gasteiger partial charge is 0.462 e. The molecule has 0 aliphatic rings. The lowest BCUT2D eigenvalue weighted by Crippen LogP contribution is -2.37. The number of hydrogen-bond donors (Lipinski definition) is 1. The first-order valence-electron chi connectivity index (χ1n) is 29.5. The van der Waals surface area contributed by atoms with Crippen molar-refractivity contribution in [1.29, 1.82) is 0 Å². The van der Waals surface area contributed by atoms with E-state index in [0.29, 0.717) is 23.9 Å². The van der Waals surface area contributed by atoms with Crippen LogP contribution in [0.25, 0.3) is 0 Å². The second kappa shape index (κ2) is 56.8. The molecule has 0 bridgehead atoms. The Morgan fingerprint density at radius 2 is 0.705 bits per heavy atom. The number of nitrogens with zero attached hydrogens (tertiary/aromatic N) is 1. The number of carbonyl (C=O) groups excluding carboxylic acids is 2. The fourth-order valence-corrected chi connectivity index (χ4v) is 7.70. The number of quaternary nitrogens is 1. The third-order valence-electron chi connectivity index (χ3n) is 11.4. The largest absolute Gasteiger partial charge is 0.472 e. The highest BCUT2D eigenvalue weighted by Crippen LogP contribution is 2.43. The summed E-state index contributed by atoms with van der Waals surface area (Å²) < 4.78 is 34.5. The van der Waals surface area contributed by atoms with Gasteiger partial charge in [-0.05, 0) is 128 Å². The standard InChI is InChI=1S/C68H106NO8P/c1-6-8-10-12-14-16-18-20-22-24-26-28-30-31-32-33-34-35-36-37-39-41-43-45-47-49-51-53-55-57-59-61-68(71)77-66(65-76-78(72,73)75-63-62-69(3,4)5)64-74-67(70)60-58-56-54-52-50-48-46-44-42-40-38-29-27-25-23-21-19-17-15-13-11-9-7-2/h8-11,14-17,20-23,26-29,31-32,34-35,37,39-40,42-43,45-46,48,52,54,66H,6-7,12-13,18-19,24-25,30,33,36,38,41,44,47,49-51,53,55-65H2,1-5H3/p+1/b10-8-,11-9-,16-14-,17-15-,22-20-,23-21-,28-26-,29-27-,32-31-,35-34-,39-37-,42-40-,45-43-,48-46-,54-52-. The first kappa shape index (κ1) is 73.1. The Bertz CT molecular complexity index is 1970. The minimum atomic E-state index is -4.42. The highest BCUT2D eigenvalue weighted by Gasteiger charge is 2.27. The molecular weight excluding hydrogens is 990 g/mol. The molecule has 0 radical (unpaired) electrons. The third kappa shape index (κ3) is 60.3. The molecule has 78 heavy (non-hydrogen) atoms. The van der Waals surface area contributed by atoms with Gasteiger partial charge in [-0.3, -0.25) is 18.6 Å². The lowest BCUT2D eigenvalue weighted by atomic mass is 10.1. The van der Waals surface area contributed by atoms with Crippen LogP contribution >= 0.6 is 7.82 Å². The van der Waals surface area contributed by atoms with Gasteiger partial charge in [-0.2, -0.15) is 0 Å². The van der Waals surface area contributed by atoms with Crippen molar-refractivity contribution in [2.45, 2.75) is 187 Å². The van der Waals surface area contributed by atoms with E-state index in [2.05, 4.69) is 196 Å². The molecular formula is C68H107NO8P+. The van der Waals surface area contributed by atoms with E-state index in [0.717, 1.165) is 141 Å². The van der Waals surface area contributed by atoms with E-state index in [1.807, 2.05) is 21.1 Å². The van der Waals surface area contributed by atoms with Gasteiger partial charge in [0.25, 0.3) is 0 Å². The SMILES string of the molecule is CC/C=C\C/C=C\C/C=C\C/C=C\C/C=C\C/C=C\C/C=C\C/C=C\CCCCCCCCC(=O)OC(COC(=O)CCC/C=C\C/C=C\C/C=C\C/C=C\C/C=C\C/C=C\C/C=C\CC)COP(=O)(O)OCC[N+](C)(C)C. The van der Waals surface area contributed by atoms with E-state index in [1.54, 1.807) is 0 Å². The van der Waals surface area contributed by atoms with Crippen molar-refractivity contribution in [1.82, 2.24) is 0 Å². The zero-order chi connectivity index (χ0) is 57.0. The van der Waals surface area contributed by atoms with Crippen molar-refractivity contribution in [2.75, 3.05) is 47.5 Å². The van der Waals surface area contributed by atoms with Gasteiger partial charge < -0.3 is 18.9 Å². The molecule has 1 N–H and O–H groups in total. The fraction of sp³-hybridized carbons (Fsp3) is 0.529. The van der Waals surface area contributed by atoms with Crippen molar-refractivity contribution >= 4 is 19.8 Å². The van der Waals surface area contributed by atoms with Crippen LogP contribution in [-0.2, 0) is 32.7 Å². The molecule has 0 rings (SSSR count). The van der Waals surface area contributed by atoms with Gasteiger partial charge >= 0.3 is 19.8 Å². The van der Waals surface area contributed by atoms with Gasteiger partial charge in [-0.1, -0.05) is 222 Å². The Morgan fingerprint density at radius 3 is 1.06 bits per heavy atom. The van der Waals surface area contributed by atoms with Crippen molar-refractivity contribution < 1.29 is 42.1 Å². The minimum Gasteiger partial charge on any atom is -0.462 e. The van der Waals surface area contributed by atoms with Crippen LogP contribution in [-0.4, -0.2) is 74.9 Å². The number of esters is 2. The maximum absolute atomic E-state index is 12.8. The molecule has 9 nitrogen and oxygen atoms in total. The van der Waals surface area contributed by atoms with E-state index in [-0.39, 0.29) is 26.1 Å². The molecule has 436 valence electrons. The van der Waals surface area contributed by atoms with Gasteiger partial charge in [0.1, 0.15) is 19.8 Å². The average Bonchev–Trinajstić information content (AvgIpc) is 3.40. The molecule has 0 saturated carbocycles. The summed E-state index contributed by atoms with van der Waals surface area (Å²) in [4.78, 5) is 35.7. The summed E-state index contributed by atoms with van der Waals surface area (Å²) in [7, 11) is 1.40. The zero-order valence-electron chi connectivity index (χ0n) is 49.3. The molecule has 0 aromatic carbocycles. The maximum atomic E-state index is 12.8. The predicted octanol–water partition coefficient (Wildman–Crippen LogP) is 18.8. The number of allylic oxidation sites excluding steroid dienone is 30. The summed E-state index contributed by atoms with van der Waals surface area (Å²) >= 11 is 0. The number of likely N-dealkylation sites (N-methyl/N-ethyl adjacent to an activating group) is 1. The van der Waals surface area contributed by atoms with Gasteiger partial charge in [0.2, 0.25) is 0 Å². The van der Waals surface area contributed by atoms with Gasteiger partial charge in [-0.15, -0.1) is 0 Å². The molecule has 0 spiro atoms. The van der Waals surface area contributed by atoms with Gasteiger partial charge in [0, 0.05) is 12.8 Å². The fourth-order valence-electron chi connectivity index (χ4n) is 6.96. The monoisotopic (exact) mass is 1100 g/mol. The Morgan fingerprint density at radius 1 is 0.397 bits per heavy atom. The van der Waals surface area contributed by atoms with Gasteiger partial charge in [0.15, 0.2) is 6.10 Å². The first-order valence-corrected chi connectivity index (χ1v) is 31.0. The molecule has 0 amide bonds. The number of phosphoric acid groups is 1. The average molecular weight is 1100 g/mol.